The molecule has 192 valence electrons. The standard InChI is InChI=1S/C27H25ClFN9/c28-22-16(5-7-35-24(22)15-9-33-14-34-10-15)23(31)25-26(32)37-21(11-36-25)38-8-6-17-19(12-38)27(17,13-30)18-3-1-2-4-20(18)29/h1-5,7,9-11,14,17,19,31H,6,8,12-13,30H2,(H2,32,37)/t17-,19+,27-/m1/s1. The van der Waals surface area contributed by atoms with Crippen LogP contribution in [0.1, 0.15) is 23.2 Å². The zero-order chi connectivity index (χ0) is 26.4. The lowest BCUT2D eigenvalue weighted by molar-refractivity contribution is 0.533. The first-order valence-electron chi connectivity index (χ1n) is 12.3. The highest BCUT2D eigenvalue weighted by Crippen LogP contribution is 2.63. The predicted octanol–water partition coefficient (Wildman–Crippen LogP) is 3.47. The van der Waals surface area contributed by atoms with Crippen molar-refractivity contribution < 1.29 is 4.39 Å². The normalized spacial score (nSPS) is 22.1. The second kappa shape index (κ2) is 9.38. The Morgan fingerprint density at radius 1 is 1.13 bits per heavy atom. The molecule has 11 heteroatoms. The molecule has 5 N–H and O–H groups in total. The summed E-state index contributed by atoms with van der Waals surface area (Å²) < 4.78 is 14.7. The lowest BCUT2D eigenvalue weighted by Crippen LogP contribution is -2.33. The quantitative estimate of drug-likeness (QED) is 0.322. The third-order valence-corrected chi connectivity index (χ3v) is 8.26. The number of nitrogens with one attached hydrogen (secondary N) is 1. The van der Waals surface area contributed by atoms with E-state index < -0.39 is 0 Å². The number of anilines is 2. The third-order valence-electron chi connectivity index (χ3n) is 7.88. The van der Waals surface area contributed by atoms with E-state index in [1.165, 1.54) is 12.4 Å². The number of hydrogen-bond donors (Lipinski definition) is 3. The van der Waals surface area contributed by atoms with E-state index in [1.54, 1.807) is 36.9 Å². The monoisotopic (exact) mass is 529 g/mol. The number of nitrogens with two attached hydrogens (primary N) is 2. The molecule has 0 bridgehead atoms. The molecule has 1 saturated carbocycles. The first-order chi connectivity index (χ1) is 18.5. The number of halogens is 2. The van der Waals surface area contributed by atoms with Gasteiger partial charge in [-0.2, -0.15) is 0 Å². The zero-order valence-electron chi connectivity index (χ0n) is 20.4. The van der Waals surface area contributed by atoms with Gasteiger partial charge in [-0.1, -0.05) is 29.8 Å². The van der Waals surface area contributed by atoms with Crippen molar-refractivity contribution in [3.63, 3.8) is 0 Å². The van der Waals surface area contributed by atoms with Crippen LogP contribution in [0.2, 0.25) is 5.02 Å². The second-order valence-electron chi connectivity index (χ2n) is 9.66. The van der Waals surface area contributed by atoms with Gasteiger partial charge in [0.25, 0.3) is 0 Å². The summed E-state index contributed by atoms with van der Waals surface area (Å²) in [7, 11) is 0. The summed E-state index contributed by atoms with van der Waals surface area (Å²) in [6.07, 6.45) is 8.68. The van der Waals surface area contributed by atoms with E-state index in [9.17, 15) is 4.39 Å². The molecule has 4 aromatic rings. The fraction of sp³-hybridized carbons (Fsp3) is 0.259. The molecule has 6 rings (SSSR count). The maximum absolute atomic E-state index is 14.7. The number of pyridine rings is 1. The van der Waals surface area contributed by atoms with Crippen LogP contribution in [0.5, 0.6) is 0 Å². The number of nitrogens with zero attached hydrogens (tertiary/aromatic N) is 6. The highest BCUT2D eigenvalue weighted by atomic mass is 35.5. The van der Waals surface area contributed by atoms with Crippen molar-refractivity contribution in [2.24, 2.45) is 17.6 Å². The van der Waals surface area contributed by atoms with Crippen LogP contribution >= 0.6 is 11.6 Å². The van der Waals surface area contributed by atoms with Gasteiger partial charge in [0.15, 0.2) is 5.82 Å². The molecular formula is C27H25ClFN9. The van der Waals surface area contributed by atoms with Crippen LogP contribution in [0, 0.1) is 23.1 Å². The minimum atomic E-state index is -0.360. The summed E-state index contributed by atoms with van der Waals surface area (Å²) in [5.74, 6) is 1.09. The van der Waals surface area contributed by atoms with Crippen molar-refractivity contribution >= 4 is 28.9 Å². The molecule has 1 saturated heterocycles. The van der Waals surface area contributed by atoms with E-state index in [4.69, 9.17) is 28.5 Å². The molecule has 9 nitrogen and oxygen atoms in total. The summed E-state index contributed by atoms with van der Waals surface area (Å²) in [4.78, 5) is 23.5. The fourth-order valence-corrected chi connectivity index (χ4v) is 6.28. The summed E-state index contributed by atoms with van der Waals surface area (Å²) >= 11 is 6.62. The smallest absolute Gasteiger partial charge is 0.154 e. The summed E-state index contributed by atoms with van der Waals surface area (Å²) in [6, 6.07) is 8.56. The van der Waals surface area contributed by atoms with Crippen LogP contribution in [0.25, 0.3) is 11.3 Å². The maximum Gasteiger partial charge on any atom is 0.154 e. The lowest BCUT2D eigenvalue weighted by atomic mass is 9.91. The zero-order valence-corrected chi connectivity index (χ0v) is 21.1. The van der Waals surface area contributed by atoms with Crippen LogP contribution in [0.4, 0.5) is 16.0 Å². The topological polar surface area (TPSA) is 144 Å². The molecule has 1 aliphatic heterocycles. The van der Waals surface area contributed by atoms with E-state index in [0.29, 0.717) is 47.2 Å². The van der Waals surface area contributed by atoms with Crippen LogP contribution in [-0.2, 0) is 5.41 Å². The molecule has 0 spiro atoms. The highest BCUT2D eigenvalue weighted by Gasteiger charge is 2.66. The lowest BCUT2D eigenvalue weighted by Gasteiger charge is -2.27. The molecule has 4 heterocycles. The van der Waals surface area contributed by atoms with Gasteiger partial charge in [-0.3, -0.25) is 10.4 Å². The Hall–Kier alpha value is -4.02. The first kappa shape index (κ1) is 24.3. The molecule has 0 unspecified atom stereocenters. The second-order valence-corrected chi connectivity index (χ2v) is 10.0. The molecule has 0 amide bonds. The maximum atomic E-state index is 14.7. The Kier molecular flexibility index (Phi) is 6.00. The van der Waals surface area contributed by atoms with Gasteiger partial charge in [-0.15, -0.1) is 0 Å². The van der Waals surface area contributed by atoms with Crippen molar-refractivity contribution in [2.45, 2.75) is 11.8 Å². The van der Waals surface area contributed by atoms with Crippen LogP contribution in [0.3, 0.4) is 0 Å². The van der Waals surface area contributed by atoms with Crippen LogP contribution < -0.4 is 16.4 Å². The summed E-state index contributed by atoms with van der Waals surface area (Å²) in [5, 5.41) is 9.05. The minimum Gasteiger partial charge on any atom is -0.382 e. The predicted molar refractivity (Wildman–Crippen MR) is 144 cm³/mol. The van der Waals surface area contributed by atoms with Gasteiger partial charge < -0.3 is 16.4 Å². The van der Waals surface area contributed by atoms with Crippen molar-refractivity contribution in [3.05, 3.63) is 89.1 Å². The number of benzene rings is 1. The fourth-order valence-electron chi connectivity index (χ4n) is 5.96. The SMILES string of the molecule is N=C(c1ccnc(-c2cncnc2)c1Cl)c1ncc(N2CC[C@@H]3[C@H](C2)[C@@]3(CN)c2ccccc2F)nc1N. The van der Waals surface area contributed by atoms with E-state index in [2.05, 4.69) is 29.8 Å². The van der Waals surface area contributed by atoms with Gasteiger partial charge in [0, 0.05) is 54.8 Å². The molecule has 1 aromatic carbocycles. The van der Waals surface area contributed by atoms with Crippen LogP contribution in [0.15, 0.2) is 61.4 Å². The van der Waals surface area contributed by atoms with Crippen molar-refractivity contribution in [1.82, 2.24) is 24.9 Å². The molecule has 3 atom stereocenters. The van der Waals surface area contributed by atoms with Crippen molar-refractivity contribution in [1.29, 1.82) is 5.41 Å². The van der Waals surface area contributed by atoms with E-state index in [1.807, 2.05) is 12.1 Å². The molecule has 2 aliphatic rings. The van der Waals surface area contributed by atoms with E-state index >= 15 is 0 Å². The third kappa shape index (κ3) is 3.79. The molecule has 1 aliphatic carbocycles. The van der Waals surface area contributed by atoms with Gasteiger partial charge >= 0.3 is 0 Å². The van der Waals surface area contributed by atoms with Crippen LogP contribution in [-0.4, -0.2) is 50.3 Å². The Balaban J connectivity index is 1.24. The Morgan fingerprint density at radius 3 is 2.66 bits per heavy atom. The molecular weight excluding hydrogens is 505 g/mol. The molecule has 2 fully saturated rings. The van der Waals surface area contributed by atoms with E-state index in [-0.39, 0.29) is 39.4 Å². The average Bonchev–Trinajstić information content (AvgIpc) is 3.61. The number of fused-ring (bicyclic) bond motifs is 1. The Bertz CT molecular complexity index is 1530. The summed E-state index contributed by atoms with van der Waals surface area (Å²) in [6.45, 7) is 1.81. The number of aromatic nitrogens is 5. The van der Waals surface area contributed by atoms with Gasteiger partial charge in [-0.05, 0) is 36.0 Å². The molecule has 3 aromatic heterocycles. The van der Waals surface area contributed by atoms with E-state index in [0.717, 1.165) is 13.0 Å². The first-order valence-corrected chi connectivity index (χ1v) is 12.6. The van der Waals surface area contributed by atoms with Crippen molar-refractivity contribution in [3.8, 4) is 11.3 Å². The number of nitrogen functional groups attached to an aromatic ring is 1. The highest BCUT2D eigenvalue weighted by molar-refractivity contribution is 6.37. The molecule has 0 radical (unpaired) electrons. The molecule has 38 heavy (non-hydrogen) atoms. The largest absolute Gasteiger partial charge is 0.382 e. The Morgan fingerprint density at radius 2 is 1.92 bits per heavy atom. The Labute approximate surface area is 223 Å². The summed E-state index contributed by atoms with van der Waals surface area (Å²) in [5.41, 5.74) is 14.7. The van der Waals surface area contributed by atoms with Gasteiger partial charge in [-0.25, -0.2) is 24.3 Å². The number of hydrogen-bond acceptors (Lipinski definition) is 9. The number of rotatable bonds is 6. The van der Waals surface area contributed by atoms with Gasteiger partial charge in [0.05, 0.1) is 22.6 Å². The van der Waals surface area contributed by atoms with Gasteiger partial charge in [0.1, 0.15) is 23.7 Å². The number of piperidine rings is 1. The minimum absolute atomic E-state index is 0.0367. The van der Waals surface area contributed by atoms with Gasteiger partial charge in [0.2, 0.25) is 0 Å². The average molecular weight is 530 g/mol. The van der Waals surface area contributed by atoms with Crippen molar-refractivity contribution in [2.75, 3.05) is 30.3 Å².